The number of allylic oxidation sites excluding steroid dienone is 18. The van der Waals surface area contributed by atoms with Crippen molar-refractivity contribution in [3.8, 4) is 0 Å². The molecule has 0 saturated heterocycles. The van der Waals surface area contributed by atoms with Crippen LogP contribution in [0.15, 0.2) is 109 Å². The Morgan fingerprint density at radius 3 is 0.805 bits per heavy atom. The van der Waals surface area contributed by atoms with E-state index in [0.717, 1.165) is 128 Å². The first-order chi connectivity index (χ1) is 38.0. The van der Waals surface area contributed by atoms with E-state index in [4.69, 9.17) is 14.2 Å². The molecule has 0 aliphatic rings. The van der Waals surface area contributed by atoms with E-state index in [-0.39, 0.29) is 31.1 Å². The van der Waals surface area contributed by atoms with Crippen molar-refractivity contribution in [3.63, 3.8) is 0 Å². The predicted molar refractivity (Wildman–Crippen MR) is 334 cm³/mol. The van der Waals surface area contributed by atoms with E-state index in [1.54, 1.807) is 0 Å². The normalized spacial score (nSPS) is 12.8. The molecule has 0 amide bonds. The van der Waals surface area contributed by atoms with Crippen LogP contribution < -0.4 is 0 Å². The van der Waals surface area contributed by atoms with Crippen LogP contribution in [0.5, 0.6) is 0 Å². The van der Waals surface area contributed by atoms with Crippen LogP contribution in [0.1, 0.15) is 303 Å². The van der Waals surface area contributed by atoms with Gasteiger partial charge in [0.05, 0.1) is 0 Å². The van der Waals surface area contributed by atoms with E-state index in [1.807, 2.05) is 0 Å². The van der Waals surface area contributed by atoms with Gasteiger partial charge in [-0.25, -0.2) is 0 Å². The molecule has 0 aromatic rings. The van der Waals surface area contributed by atoms with Crippen molar-refractivity contribution in [1.82, 2.24) is 0 Å². The molecule has 1 unspecified atom stereocenters. The fraction of sp³-hybridized carbons (Fsp3) is 0.704. The lowest BCUT2D eigenvalue weighted by atomic mass is 10.1. The standard InChI is InChI=1S/C71H120O6/c1-4-7-10-13-16-19-22-24-26-28-29-30-31-32-33-34-35-36-37-38-39-40-41-42-43-44-46-47-49-52-55-58-61-64-70(73)76-67-68(66-75-69(72)63-60-57-54-51-21-18-15-12-9-6-3)77-71(74)65-62-59-56-53-50-48-45-27-25-23-20-17-14-11-8-5-2/h7,10,16,19,24,26-27,29-30,32-33,35-36,38-39,41-42,45,68H,4-6,8-9,11-15,17-18,20-23,25,28,31,34,37,40,43-44,46-67H2,1-3H3/b10-7-,19-16-,26-24-,30-29-,33-32-,36-35-,39-38-,42-41-,45-27-. The molecule has 0 spiro atoms. The van der Waals surface area contributed by atoms with Crippen molar-refractivity contribution in [1.29, 1.82) is 0 Å². The molecule has 0 N–H and O–H groups in total. The van der Waals surface area contributed by atoms with Gasteiger partial charge in [0.25, 0.3) is 0 Å². The maximum absolute atomic E-state index is 12.9. The van der Waals surface area contributed by atoms with Crippen molar-refractivity contribution >= 4 is 17.9 Å². The summed E-state index contributed by atoms with van der Waals surface area (Å²) in [4.78, 5) is 38.2. The molecule has 0 radical (unpaired) electrons. The minimum absolute atomic E-state index is 0.0813. The molecular weight excluding hydrogens is 949 g/mol. The summed E-state index contributed by atoms with van der Waals surface area (Å²) in [5.41, 5.74) is 0. The number of hydrogen-bond acceptors (Lipinski definition) is 6. The maximum atomic E-state index is 12.9. The van der Waals surface area contributed by atoms with Crippen LogP contribution in [0.4, 0.5) is 0 Å². The van der Waals surface area contributed by atoms with E-state index in [0.29, 0.717) is 19.3 Å². The zero-order chi connectivity index (χ0) is 55.7. The van der Waals surface area contributed by atoms with E-state index in [9.17, 15) is 14.4 Å². The fourth-order valence-electron chi connectivity index (χ4n) is 8.92. The molecule has 0 heterocycles. The Kier molecular flexibility index (Phi) is 61.3. The third kappa shape index (κ3) is 62.8. The monoisotopic (exact) mass is 1070 g/mol. The average molecular weight is 1070 g/mol. The molecule has 77 heavy (non-hydrogen) atoms. The summed E-state index contributed by atoms with van der Waals surface area (Å²) in [6, 6.07) is 0. The van der Waals surface area contributed by atoms with Crippen molar-refractivity contribution in [2.24, 2.45) is 0 Å². The molecule has 0 aromatic carbocycles. The number of ether oxygens (including phenoxy) is 3. The van der Waals surface area contributed by atoms with Gasteiger partial charge in [0.2, 0.25) is 0 Å². The van der Waals surface area contributed by atoms with Crippen molar-refractivity contribution < 1.29 is 28.6 Å². The molecule has 0 saturated carbocycles. The van der Waals surface area contributed by atoms with Crippen LogP contribution in [0.25, 0.3) is 0 Å². The average Bonchev–Trinajstić information content (AvgIpc) is 3.43. The Labute approximate surface area is 476 Å². The van der Waals surface area contributed by atoms with Gasteiger partial charge in [-0.2, -0.15) is 0 Å². The smallest absolute Gasteiger partial charge is 0.306 e. The van der Waals surface area contributed by atoms with E-state index in [2.05, 4.69) is 130 Å². The summed E-state index contributed by atoms with van der Waals surface area (Å²) in [7, 11) is 0. The number of carbonyl (C=O) groups excluding carboxylic acids is 3. The molecule has 0 fully saturated rings. The highest BCUT2D eigenvalue weighted by molar-refractivity contribution is 5.71. The van der Waals surface area contributed by atoms with Crippen molar-refractivity contribution in [2.75, 3.05) is 13.2 Å². The van der Waals surface area contributed by atoms with Gasteiger partial charge in [-0.15, -0.1) is 0 Å². The molecule has 6 heteroatoms. The molecule has 0 bridgehead atoms. The van der Waals surface area contributed by atoms with Gasteiger partial charge in [-0.1, -0.05) is 284 Å². The second-order valence-corrected chi connectivity index (χ2v) is 21.3. The van der Waals surface area contributed by atoms with Gasteiger partial charge in [0, 0.05) is 19.3 Å². The Morgan fingerprint density at radius 1 is 0.273 bits per heavy atom. The van der Waals surface area contributed by atoms with Crippen molar-refractivity contribution in [2.45, 2.75) is 309 Å². The highest BCUT2D eigenvalue weighted by Gasteiger charge is 2.19. The number of hydrogen-bond donors (Lipinski definition) is 0. The van der Waals surface area contributed by atoms with Gasteiger partial charge in [-0.05, 0) is 109 Å². The molecular formula is C71H120O6. The SMILES string of the molecule is CC/C=C\C/C=C\C/C=C\C/C=C\C/C=C\C/C=C\C/C=C\C/C=C\CCCCCCCCCCC(=O)OCC(COC(=O)CCCCCCCCCCCC)OC(=O)CCCCCCC/C=C\CCCCCCCCC. The summed E-state index contributed by atoms with van der Waals surface area (Å²) in [6.45, 7) is 6.51. The molecule has 0 aliphatic carbocycles. The van der Waals surface area contributed by atoms with Gasteiger partial charge in [-0.3, -0.25) is 14.4 Å². The fourth-order valence-corrected chi connectivity index (χ4v) is 8.92. The minimum Gasteiger partial charge on any atom is -0.462 e. The quantitative estimate of drug-likeness (QED) is 0.0261. The van der Waals surface area contributed by atoms with Crippen LogP contribution in [0.2, 0.25) is 0 Å². The van der Waals surface area contributed by atoms with Crippen LogP contribution >= 0.6 is 0 Å². The molecule has 440 valence electrons. The Morgan fingerprint density at radius 2 is 0.506 bits per heavy atom. The molecule has 0 aliphatic heterocycles. The highest BCUT2D eigenvalue weighted by Crippen LogP contribution is 2.15. The van der Waals surface area contributed by atoms with Crippen LogP contribution in [0.3, 0.4) is 0 Å². The Balaban J connectivity index is 4.22. The molecule has 0 rings (SSSR count). The first-order valence-corrected chi connectivity index (χ1v) is 32.4. The van der Waals surface area contributed by atoms with Crippen LogP contribution in [-0.4, -0.2) is 37.2 Å². The number of unbranched alkanes of at least 4 members (excludes halogenated alkanes) is 29. The van der Waals surface area contributed by atoms with Crippen LogP contribution in [0, 0.1) is 0 Å². The lowest BCUT2D eigenvalue weighted by Crippen LogP contribution is -2.30. The predicted octanol–water partition coefficient (Wildman–Crippen LogP) is 22.2. The lowest BCUT2D eigenvalue weighted by Gasteiger charge is -2.18. The van der Waals surface area contributed by atoms with Gasteiger partial charge in [0.15, 0.2) is 6.10 Å². The van der Waals surface area contributed by atoms with E-state index >= 15 is 0 Å². The lowest BCUT2D eigenvalue weighted by molar-refractivity contribution is -0.167. The zero-order valence-electron chi connectivity index (χ0n) is 50.4. The van der Waals surface area contributed by atoms with E-state index in [1.165, 1.54) is 135 Å². The third-order valence-electron chi connectivity index (χ3n) is 13.8. The Hall–Kier alpha value is -3.93. The number of rotatable bonds is 58. The summed E-state index contributed by atoms with van der Waals surface area (Å²) in [5.74, 6) is -0.893. The summed E-state index contributed by atoms with van der Waals surface area (Å²) in [5, 5.41) is 0. The summed E-state index contributed by atoms with van der Waals surface area (Å²) >= 11 is 0. The van der Waals surface area contributed by atoms with E-state index < -0.39 is 6.10 Å². The zero-order valence-corrected chi connectivity index (χ0v) is 50.4. The number of esters is 3. The maximum Gasteiger partial charge on any atom is 0.306 e. The largest absolute Gasteiger partial charge is 0.462 e. The molecule has 6 nitrogen and oxygen atoms in total. The third-order valence-corrected chi connectivity index (χ3v) is 13.8. The molecule has 0 aromatic heterocycles. The molecule has 1 atom stereocenters. The highest BCUT2D eigenvalue weighted by atomic mass is 16.6. The minimum atomic E-state index is -0.784. The topological polar surface area (TPSA) is 78.9 Å². The number of carbonyl (C=O) groups is 3. The first kappa shape index (κ1) is 73.1. The van der Waals surface area contributed by atoms with Crippen molar-refractivity contribution in [3.05, 3.63) is 109 Å². The van der Waals surface area contributed by atoms with Gasteiger partial charge >= 0.3 is 17.9 Å². The van der Waals surface area contributed by atoms with Gasteiger partial charge < -0.3 is 14.2 Å². The van der Waals surface area contributed by atoms with Gasteiger partial charge in [0.1, 0.15) is 13.2 Å². The second-order valence-electron chi connectivity index (χ2n) is 21.3. The summed E-state index contributed by atoms with van der Waals surface area (Å²) < 4.78 is 16.9. The summed E-state index contributed by atoms with van der Waals surface area (Å²) in [6.07, 6.45) is 88.2. The van der Waals surface area contributed by atoms with Crippen LogP contribution in [-0.2, 0) is 28.6 Å². The Bertz CT molecular complexity index is 1560. The second kappa shape index (κ2) is 64.6. The first-order valence-electron chi connectivity index (χ1n) is 32.4.